The zero-order valence-electron chi connectivity index (χ0n) is 15.6. The number of hydrogen-bond donors (Lipinski definition) is 1. The Labute approximate surface area is 172 Å². The van der Waals surface area contributed by atoms with Crippen molar-refractivity contribution in [3.05, 3.63) is 37.4 Å². The molecule has 0 saturated heterocycles. The summed E-state index contributed by atoms with van der Waals surface area (Å²) >= 11 is 8.81. The standard InChI is InChI=1S/C19H23ClN2O3S2/c1-4-25-19(24)17-13-7-8-22(11(2)3)10-14(13)27-18(17)21-16(23)9-12-5-6-15(20)26-12/h5-6,11H,4,7-10H2,1-3H3,(H,21,23). The van der Waals surface area contributed by atoms with Crippen LogP contribution in [0.3, 0.4) is 0 Å². The normalized spacial score (nSPS) is 14.3. The third-order valence-electron chi connectivity index (χ3n) is 4.51. The summed E-state index contributed by atoms with van der Waals surface area (Å²) in [4.78, 5) is 29.5. The van der Waals surface area contributed by atoms with Gasteiger partial charge in [0.15, 0.2) is 0 Å². The maximum absolute atomic E-state index is 12.6. The summed E-state index contributed by atoms with van der Waals surface area (Å²) in [5, 5.41) is 3.53. The lowest BCUT2D eigenvalue weighted by Crippen LogP contribution is -2.35. The summed E-state index contributed by atoms with van der Waals surface area (Å²) in [7, 11) is 0. The van der Waals surface area contributed by atoms with Gasteiger partial charge < -0.3 is 10.1 Å². The van der Waals surface area contributed by atoms with Crippen molar-refractivity contribution < 1.29 is 14.3 Å². The van der Waals surface area contributed by atoms with Crippen molar-refractivity contribution in [2.45, 2.75) is 46.2 Å². The predicted molar refractivity (Wildman–Crippen MR) is 111 cm³/mol. The van der Waals surface area contributed by atoms with Crippen molar-refractivity contribution in [1.29, 1.82) is 0 Å². The molecule has 0 aromatic carbocycles. The van der Waals surface area contributed by atoms with Crippen LogP contribution in [0.25, 0.3) is 0 Å². The van der Waals surface area contributed by atoms with Gasteiger partial charge in [0, 0.05) is 28.9 Å². The van der Waals surface area contributed by atoms with E-state index in [9.17, 15) is 9.59 Å². The maximum atomic E-state index is 12.6. The smallest absolute Gasteiger partial charge is 0.341 e. The van der Waals surface area contributed by atoms with Crippen molar-refractivity contribution in [2.75, 3.05) is 18.5 Å². The molecule has 0 spiro atoms. The Balaban J connectivity index is 1.84. The molecule has 0 atom stereocenters. The number of carbonyl (C=O) groups excluding carboxylic acids is 2. The number of anilines is 1. The van der Waals surface area contributed by atoms with Crippen LogP contribution in [0.4, 0.5) is 5.00 Å². The lowest BCUT2D eigenvalue weighted by molar-refractivity contribution is -0.115. The summed E-state index contributed by atoms with van der Waals surface area (Å²) in [6.07, 6.45) is 1.02. The number of fused-ring (bicyclic) bond motifs is 1. The molecule has 146 valence electrons. The Bertz CT molecular complexity index is 844. The third-order valence-corrected chi connectivity index (χ3v) is 6.88. The minimum atomic E-state index is -0.359. The van der Waals surface area contributed by atoms with Crippen molar-refractivity contribution >= 4 is 51.2 Å². The first kappa shape index (κ1) is 20.3. The first-order chi connectivity index (χ1) is 12.9. The van der Waals surface area contributed by atoms with Crippen LogP contribution in [-0.4, -0.2) is 36.0 Å². The van der Waals surface area contributed by atoms with E-state index in [1.807, 2.05) is 6.07 Å². The maximum Gasteiger partial charge on any atom is 0.341 e. The highest BCUT2D eigenvalue weighted by atomic mass is 35.5. The number of thiophene rings is 2. The number of rotatable bonds is 6. The molecular formula is C19H23ClN2O3S2. The lowest BCUT2D eigenvalue weighted by Gasteiger charge is -2.30. The van der Waals surface area contributed by atoms with Crippen LogP contribution in [0.15, 0.2) is 12.1 Å². The molecular weight excluding hydrogens is 404 g/mol. The Kier molecular flexibility index (Phi) is 6.57. The van der Waals surface area contributed by atoms with Crippen molar-refractivity contribution in [3.8, 4) is 0 Å². The van der Waals surface area contributed by atoms with E-state index < -0.39 is 0 Å². The Morgan fingerprint density at radius 2 is 2.11 bits per heavy atom. The Morgan fingerprint density at radius 3 is 2.74 bits per heavy atom. The fourth-order valence-corrected chi connectivity index (χ4v) is 5.51. The van der Waals surface area contributed by atoms with Gasteiger partial charge in [0.1, 0.15) is 5.00 Å². The number of halogens is 1. The number of nitrogens with one attached hydrogen (secondary N) is 1. The molecule has 1 aliphatic heterocycles. The first-order valence-electron chi connectivity index (χ1n) is 8.98. The van der Waals surface area contributed by atoms with E-state index in [1.165, 1.54) is 22.7 Å². The molecule has 0 unspecified atom stereocenters. The van der Waals surface area contributed by atoms with Gasteiger partial charge in [-0.15, -0.1) is 22.7 Å². The van der Waals surface area contributed by atoms with Crippen LogP contribution in [0.1, 0.15) is 46.4 Å². The third kappa shape index (κ3) is 4.71. The topological polar surface area (TPSA) is 58.6 Å². The minimum Gasteiger partial charge on any atom is -0.462 e. The molecule has 0 aliphatic carbocycles. The van der Waals surface area contributed by atoms with Gasteiger partial charge in [0.25, 0.3) is 0 Å². The molecule has 1 amide bonds. The second-order valence-corrected chi connectivity index (χ2v) is 9.58. The first-order valence-corrected chi connectivity index (χ1v) is 11.0. The second-order valence-electron chi connectivity index (χ2n) is 6.67. The largest absolute Gasteiger partial charge is 0.462 e. The number of hydrogen-bond acceptors (Lipinski definition) is 6. The summed E-state index contributed by atoms with van der Waals surface area (Å²) < 4.78 is 5.92. The van der Waals surface area contributed by atoms with Gasteiger partial charge in [-0.1, -0.05) is 11.6 Å². The molecule has 0 radical (unpaired) electrons. The van der Waals surface area contributed by atoms with Gasteiger partial charge in [-0.2, -0.15) is 0 Å². The Morgan fingerprint density at radius 1 is 1.33 bits per heavy atom. The average molecular weight is 427 g/mol. The van der Waals surface area contributed by atoms with Crippen LogP contribution in [-0.2, 0) is 28.9 Å². The fraction of sp³-hybridized carbons (Fsp3) is 0.474. The zero-order chi connectivity index (χ0) is 19.6. The van der Waals surface area contributed by atoms with E-state index in [0.717, 1.165) is 34.8 Å². The summed E-state index contributed by atoms with van der Waals surface area (Å²) in [5.41, 5.74) is 1.54. The molecule has 2 aromatic rings. The molecule has 3 heterocycles. The molecule has 0 bridgehead atoms. The molecule has 1 N–H and O–H groups in total. The highest BCUT2D eigenvalue weighted by molar-refractivity contribution is 7.17. The Hall–Kier alpha value is -1.41. The molecule has 2 aromatic heterocycles. The van der Waals surface area contributed by atoms with Crippen molar-refractivity contribution in [2.24, 2.45) is 0 Å². The van der Waals surface area contributed by atoms with E-state index in [0.29, 0.717) is 27.5 Å². The number of nitrogens with zero attached hydrogens (tertiary/aromatic N) is 1. The van der Waals surface area contributed by atoms with Crippen molar-refractivity contribution in [3.63, 3.8) is 0 Å². The highest BCUT2D eigenvalue weighted by Gasteiger charge is 2.30. The van der Waals surface area contributed by atoms with Gasteiger partial charge in [0.2, 0.25) is 5.91 Å². The summed E-state index contributed by atoms with van der Waals surface area (Å²) in [6, 6.07) is 4.06. The van der Waals surface area contributed by atoms with Gasteiger partial charge >= 0.3 is 5.97 Å². The molecule has 5 nitrogen and oxygen atoms in total. The number of amides is 1. The minimum absolute atomic E-state index is 0.154. The predicted octanol–water partition coefficient (Wildman–Crippen LogP) is 4.59. The van der Waals surface area contributed by atoms with Crippen LogP contribution in [0.2, 0.25) is 4.34 Å². The zero-order valence-corrected chi connectivity index (χ0v) is 18.0. The van der Waals surface area contributed by atoms with E-state index in [2.05, 4.69) is 24.1 Å². The van der Waals surface area contributed by atoms with E-state index in [4.69, 9.17) is 16.3 Å². The molecule has 8 heteroatoms. The van der Waals surface area contributed by atoms with Crippen LogP contribution >= 0.6 is 34.3 Å². The molecule has 3 rings (SSSR count). The molecule has 1 aliphatic rings. The monoisotopic (exact) mass is 426 g/mol. The number of esters is 1. The lowest BCUT2D eigenvalue weighted by atomic mass is 10.0. The van der Waals surface area contributed by atoms with Gasteiger partial charge in [0.05, 0.1) is 22.9 Å². The van der Waals surface area contributed by atoms with E-state index in [1.54, 1.807) is 13.0 Å². The van der Waals surface area contributed by atoms with Gasteiger partial charge in [-0.3, -0.25) is 9.69 Å². The van der Waals surface area contributed by atoms with Crippen molar-refractivity contribution in [1.82, 2.24) is 4.90 Å². The van der Waals surface area contributed by atoms with Gasteiger partial charge in [-0.25, -0.2) is 4.79 Å². The second kappa shape index (κ2) is 8.73. The van der Waals surface area contributed by atoms with Crippen LogP contribution in [0.5, 0.6) is 0 Å². The molecule has 0 saturated carbocycles. The molecule has 0 fully saturated rings. The average Bonchev–Trinajstić information content (AvgIpc) is 3.16. The number of ether oxygens (including phenoxy) is 1. The van der Waals surface area contributed by atoms with E-state index >= 15 is 0 Å². The SMILES string of the molecule is CCOC(=O)c1c(NC(=O)Cc2ccc(Cl)s2)sc2c1CCN(C(C)C)C2. The summed E-state index contributed by atoms with van der Waals surface area (Å²) in [5.74, 6) is -0.513. The molecule has 27 heavy (non-hydrogen) atoms. The van der Waals surface area contributed by atoms with E-state index in [-0.39, 0.29) is 18.3 Å². The number of carbonyl (C=O) groups is 2. The quantitative estimate of drug-likeness (QED) is 0.686. The summed E-state index contributed by atoms with van der Waals surface area (Å²) in [6.45, 7) is 8.12. The fourth-order valence-electron chi connectivity index (χ4n) is 3.15. The van der Waals surface area contributed by atoms with Gasteiger partial charge in [-0.05, 0) is 44.9 Å². The highest BCUT2D eigenvalue weighted by Crippen LogP contribution is 2.38. The van der Waals surface area contributed by atoms with Crippen LogP contribution in [0, 0.1) is 0 Å². The van der Waals surface area contributed by atoms with Crippen LogP contribution < -0.4 is 5.32 Å².